The number of piperazine rings is 1. The van der Waals surface area contributed by atoms with E-state index in [1.165, 1.54) is 0 Å². The molecule has 3 aromatic rings. The van der Waals surface area contributed by atoms with Gasteiger partial charge in [0.25, 0.3) is 0 Å². The minimum atomic E-state index is 0.778. The first-order chi connectivity index (χ1) is 12.8. The minimum Gasteiger partial charge on any atom is -0.383 e. The molecule has 0 saturated carbocycles. The fraction of sp³-hybridized carbons (Fsp3) is 0.389. The van der Waals surface area contributed by atoms with Crippen molar-refractivity contribution in [3.63, 3.8) is 0 Å². The molecule has 8 heteroatoms. The molecule has 3 aromatic heterocycles. The lowest BCUT2D eigenvalue weighted by Crippen LogP contribution is -2.47. The van der Waals surface area contributed by atoms with Gasteiger partial charge in [0.2, 0.25) is 5.95 Å². The molecule has 0 unspecified atom stereocenters. The zero-order valence-corrected chi connectivity index (χ0v) is 16.3. The first-order valence-electron chi connectivity index (χ1n) is 8.61. The van der Waals surface area contributed by atoms with E-state index in [-0.39, 0.29) is 0 Å². The van der Waals surface area contributed by atoms with Crippen LogP contribution in [0.4, 0.5) is 5.95 Å². The van der Waals surface area contributed by atoms with Gasteiger partial charge in [-0.2, -0.15) is 11.3 Å². The summed E-state index contributed by atoms with van der Waals surface area (Å²) in [5.41, 5.74) is 3.12. The average molecular weight is 388 g/mol. The Morgan fingerprint density at radius 1 is 1.15 bits per heavy atom. The normalized spacial score (nSPS) is 15.5. The molecule has 0 spiro atoms. The highest BCUT2D eigenvalue weighted by molar-refractivity contribution is 7.13. The predicted molar refractivity (Wildman–Crippen MR) is 107 cm³/mol. The number of aromatic nitrogens is 3. The van der Waals surface area contributed by atoms with Crippen LogP contribution in [0.15, 0.2) is 34.6 Å². The van der Waals surface area contributed by atoms with Crippen LogP contribution in [0, 0.1) is 0 Å². The standard InChI is InChI=1S/C18H21N5OS2/c1-24-9-8-22-4-6-23(7-5-22)18-20-12-15(14-2-10-25-13-14)16(21-18)17-19-3-11-26-17/h2-3,10-13H,4-9H2,1H3. The molecule has 4 rings (SSSR count). The van der Waals surface area contributed by atoms with Gasteiger partial charge < -0.3 is 9.64 Å². The molecule has 0 aromatic carbocycles. The molecule has 1 saturated heterocycles. The third-order valence-electron chi connectivity index (χ3n) is 4.51. The van der Waals surface area contributed by atoms with Crippen molar-refractivity contribution in [2.45, 2.75) is 0 Å². The van der Waals surface area contributed by atoms with Gasteiger partial charge in [-0.3, -0.25) is 4.90 Å². The van der Waals surface area contributed by atoms with Crippen LogP contribution in [-0.4, -0.2) is 66.3 Å². The van der Waals surface area contributed by atoms with Crippen molar-refractivity contribution >= 4 is 28.6 Å². The highest BCUT2D eigenvalue weighted by Gasteiger charge is 2.21. The van der Waals surface area contributed by atoms with Crippen molar-refractivity contribution in [3.05, 3.63) is 34.6 Å². The van der Waals surface area contributed by atoms with E-state index >= 15 is 0 Å². The molecule has 0 bridgehead atoms. The van der Waals surface area contributed by atoms with Gasteiger partial charge in [0.05, 0.1) is 6.61 Å². The Labute approximate surface area is 161 Å². The van der Waals surface area contributed by atoms with Gasteiger partial charge >= 0.3 is 0 Å². The van der Waals surface area contributed by atoms with Crippen LogP contribution in [0.2, 0.25) is 0 Å². The van der Waals surface area contributed by atoms with Crippen LogP contribution >= 0.6 is 22.7 Å². The highest BCUT2D eigenvalue weighted by atomic mass is 32.1. The smallest absolute Gasteiger partial charge is 0.226 e. The monoisotopic (exact) mass is 387 g/mol. The second-order valence-electron chi connectivity index (χ2n) is 6.10. The van der Waals surface area contributed by atoms with Gasteiger partial charge in [0.15, 0.2) is 0 Å². The Balaban J connectivity index is 1.58. The first-order valence-corrected chi connectivity index (χ1v) is 10.4. The van der Waals surface area contributed by atoms with Gasteiger partial charge in [-0.15, -0.1) is 11.3 Å². The van der Waals surface area contributed by atoms with Crippen LogP contribution in [0.1, 0.15) is 0 Å². The van der Waals surface area contributed by atoms with Crippen LogP contribution in [0.5, 0.6) is 0 Å². The van der Waals surface area contributed by atoms with Crippen molar-refractivity contribution in [2.24, 2.45) is 0 Å². The van der Waals surface area contributed by atoms with Crippen molar-refractivity contribution in [1.82, 2.24) is 19.9 Å². The molecule has 26 heavy (non-hydrogen) atoms. The molecule has 136 valence electrons. The topological polar surface area (TPSA) is 54.4 Å². The second-order valence-corrected chi connectivity index (χ2v) is 7.78. The van der Waals surface area contributed by atoms with E-state index in [9.17, 15) is 0 Å². The molecule has 0 N–H and O–H groups in total. The Morgan fingerprint density at radius 3 is 2.73 bits per heavy atom. The fourth-order valence-corrected chi connectivity index (χ4v) is 4.34. The summed E-state index contributed by atoms with van der Waals surface area (Å²) < 4.78 is 5.18. The highest BCUT2D eigenvalue weighted by Crippen LogP contribution is 2.33. The summed E-state index contributed by atoms with van der Waals surface area (Å²) in [6.07, 6.45) is 3.77. The maximum atomic E-state index is 5.18. The van der Waals surface area contributed by atoms with E-state index in [0.717, 1.165) is 67.1 Å². The fourth-order valence-electron chi connectivity index (χ4n) is 3.05. The lowest BCUT2D eigenvalue weighted by molar-refractivity contribution is 0.143. The molecule has 1 aliphatic heterocycles. The molecule has 0 amide bonds. The Kier molecular flexibility index (Phi) is 5.54. The van der Waals surface area contributed by atoms with Crippen LogP contribution in [-0.2, 0) is 4.74 Å². The van der Waals surface area contributed by atoms with Crippen molar-refractivity contribution < 1.29 is 4.74 Å². The Hall–Kier alpha value is -1.87. The maximum Gasteiger partial charge on any atom is 0.226 e. The predicted octanol–water partition coefficient (Wildman–Crippen LogP) is 3.10. The van der Waals surface area contributed by atoms with Crippen molar-refractivity contribution in [3.8, 4) is 21.8 Å². The number of thiophene rings is 1. The van der Waals surface area contributed by atoms with Crippen LogP contribution in [0.3, 0.4) is 0 Å². The summed E-state index contributed by atoms with van der Waals surface area (Å²) in [5, 5.41) is 7.13. The quantitative estimate of drug-likeness (QED) is 0.648. The molecule has 1 fully saturated rings. The third kappa shape index (κ3) is 3.78. The second kappa shape index (κ2) is 8.22. The van der Waals surface area contributed by atoms with E-state index in [2.05, 4.69) is 36.6 Å². The molecular formula is C18H21N5OS2. The van der Waals surface area contributed by atoms with E-state index < -0.39 is 0 Å². The number of ether oxygens (including phenoxy) is 1. The van der Waals surface area contributed by atoms with Gasteiger partial charge in [0, 0.05) is 63.2 Å². The molecule has 0 radical (unpaired) electrons. The van der Waals surface area contributed by atoms with E-state index in [0.29, 0.717) is 0 Å². The number of methoxy groups -OCH3 is 1. The largest absolute Gasteiger partial charge is 0.383 e. The number of hydrogen-bond acceptors (Lipinski definition) is 8. The maximum absolute atomic E-state index is 5.18. The minimum absolute atomic E-state index is 0.778. The zero-order valence-electron chi connectivity index (χ0n) is 14.7. The summed E-state index contributed by atoms with van der Waals surface area (Å²) in [4.78, 5) is 18.7. The van der Waals surface area contributed by atoms with Gasteiger partial charge in [0.1, 0.15) is 10.7 Å². The zero-order chi connectivity index (χ0) is 17.8. The molecular weight excluding hydrogens is 366 g/mol. The molecule has 6 nitrogen and oxygen atoms in total. The van der Waals surface area contributed by atoms with Crippen LogP contribution in [0.25, 0.3) is 21.8 Å². The van der Waals surface area contributed by atoms with Gasteiger partial charge in [-0.05, 0) is 22.4 Å². The summed E-state index contributed by atoms with van der Waals surface area (Å²) in [7, 11) is 1.75. The summed E-state index contributed by atoms with van der Waals surface area (Å²) in [5.74, 6) is 0.792. The molecule has 0 aliphatic carbocycles. The van der Waals surface area contributed by atoms with E-state index in [1.54, 1.807) is 29.8 Å². The third-order valence-corrected chi connectivity index (χ3v) is 5.97. The number of nitrogens with zero attached hydrogens (tertiary/aromatic N) is 5. The summed E-state index contributed by atoms with van der Waals surface area (Å²) in [6, 6.07) is 2.11. The van der Waals surface area contributed by atoms with Crippen molar-refractivity contribution in [2.75, 3.05) is 51.3 Å². The lowest BCUT2D eigenvalue weighted by Gasteiger charge is -2.34. The molecule has 1 aliphatic rings. The van der Waals surface area contributed by atoms with Gasteiger partial charge in [-0.1, -0.05) is 0 Å². The van der Waals surface area contributed by atoms with Gasteiger partial charge in [-0.25, -0.2) is 15.0 Å². The van der Waals surface area contributed by atoms with Crippen LogP contribution < -0.4 is 4.90 Å². The summed E-state index contributed by atoms with van der Waals surface area (Å²) in [6.45, 7) is 5.63. The SMILES string of the molecule is COCCN1CCN(c2ncc(-c3ccsc3)c(-c3nccs3)n2)CC1. The number of rotatable bonds is 6. The first kappa shape index (κ1) is 17.5. The molecule has 0 atom stereocenters. The van der Waals surface area contributed by atoms with E-state index in [1.807, 2.05) is 17.8 Å². The number of anilines is 1. The number of hydrogen-bond donors (Lipinski definition) is 0. The summed E-state index contributed by atoms with van der Waals surface area (Å²) >= 11 is 3.29. The Bertz CT molecular complexity index is 814. The van der Waals surface area contributed by atoms with Crippen molar-refractivity contribution in [1.29, 1.82) is 0 Å². The molecule has 4 heterocycles. The Morgan fingerprint density at radius 2 is 2.04 bits per heavy atom. The van der Waals surface area contributed by atoms with E-state index in [4.69, 9.17) is 9.72 Å². The average Bonchev–Trinajstić information content (AvgIpc) is 3.40. The number of thiazole rings is 1. The lowest BCUT2D eigenvalue weighted by atomic mass is 10.1.